The molecule has 0 bridgehead atoms. The third-order valence-electron chi connectivity index (χ3n) is 4.77. The third kappa shape index (κ3) is 6.59. The number of nitrogens with one attached hydrogen (secondary N) is 2. The Morgan fingerprint density at radius 3 is 2.63 bits per heavy atom. The number of guanidine groups is 1. The zero-order valence-electron chi connectivity index (χ0n) is 17.0. The maximum absolute atomic E-state index is 9.92. The highest BCUT2D eigenvalue weighted by molar-refractivity contribution is 5.79. The van der Waals surface area contributed by atoms with E-state index in [2.05, 4.69) is 41.3 Å². The van der Waals surface area contributed by atoms with Crippen LogP contribution in [0.2, 0.25) is 0 Å². The van der Waals surface area contributed by atoms with Crippen molar-refractivity contribution < 1.29 is 14.6 Å². The highest BCUT2D eigenvalue weighted by Crippen LogP contribution is 2.26. The number of aromatic hydroxyl groups is 1. The molecule has 7 heteroatoms. The normalized spacial score (nSPS) is 17.0. The number of hydrogen-bond acceptors (Lipinski definition) is 5. The molecule has 1 heterocycles. The summed E-state index contributed by atoms with van der Waals surface area (Å²) in [6.07, 6.45) is 0. The summed E-state index contributed by atoms with van der Waals surface area (Å²) in [6, 6.07) is 5.79. The van der Waals surface area contributed by atoms with Gasteiger partial charge in [0.15, 0.2) is 17.5 Å². The van der Waals surface area contributed by atoms with Crippen molar-refractivity contribution in [1.82, 2.24) is 15.5 Å². The number of benzene rings is 1. The van der Waals surface area contributed by atoms with Crippen molar-refractivity contribution in [3.63, 3.8) is 0 Å². The summed E-state index contributed by atoms with van der Waals surface area (Å²) in [5, 5.41) is 16.7. The zero-order valence-corrected chi connectivity index (χ0v) is 17.0. The summed E-state index contributed by atoms with van der Waals surface area (Å²) in [5.41, 5.74) is 0.930. The molecule has 2 rings (SSSR count). The van der Waals surface area contributed by atoms with E-state index in [1.54, 1.807) is 19.2 Å². The van der Waals surface area contributed by atoms with Crippen molar-refractivity contribution in [2.24, 2.45) is 10.9 Å². The average molecular weight is 379 g/mol. The van der Waals surface area contributed by atoms with E-state index in [4.69, 9.17) is 9.47 Å². The standard InChI is InChI=1S/C20H34N4O3/c1-5-21-20(22-13-16-6-7-19(26-4)18(25)12-16)23-14-17(15(2)3)24-8-10-27-11-9-24/h6-7,12,15,17,25H,5,8-11,13-14H2,1-4H3,(H2,21,22,23). The number of phenols is 1. The van der Waals surface area contributed by atoms with E-state index in [0.29, 0.717) is 24.3 Å². The van der Waals surface area contributed by atoms with E-state index in [1.165, 1.54) is 0 Å². The molecule has 3 N–H and O–H groups in total. The minimum Gasteiger partial charge on any atom is -0.504 e. The molecule has 0 radical (unpaired) electrons. The number of methoxy groups -OCH3 is 1. The lowest BCUT2D eigenvalue weighted by Gasteiger charge is -2.37. The van der Waals surface area contributed by atoms with Crippen molar-refractivity contribution in [2.45, 2.75) is 33.4 Å². The van der Waals surface area contributed by atoms with E-state index in [0.717, 1.165) is 50.9 Å². The number of aliphatic imine (C=N–C) groups is 1. The fraction of sp³-hybridized carbons (Fsp3) is 0.650. The van der Waals surface area contributed by atoms with Crippen molar-refractivity contribution in [2.75, 3.05) is 46.5 Å². The first-order valence-corrected chi connectivity index (χ1v) is 9.75. The van der Waals surface area contributed by atoms with Gasteiger partial charge in [-0.2, -0.15) is 0 Å². The molecule has 1 unspecified atom stereocenters. The lowest BCUT2D eigenvalue weighted by molar-refractivity contribution is 0.00752. The highest BCUT2D eigenvalue weighted by Gasteiger charge is 2.23. The number of nitrogens with zero attached hydrogens (tertiary/aromatic N) is 2. The molecule has 1 aliphatic heterocycles. The van der Waals surface area contributed by atoms with E-state index < -0.39 is 0 Å². The van der Waals surface area contributed by atoms with Crippen molar-refractivity contribution in [1.29, 1.82) is 0 Å². The summed E-state index contributed by atoms with van der Waals surface area (Å²) in [5.74, 6) is 1.93. The van der Waals surface area contributed by atoms with Gasteiger partial charge in [-0.15, -0.1) is 0 Å². The fourth-order valence-electron chi connectivity index (χ4n) is 3.24. The fourth-order valence-corrected chi connectivity index (χ4v) is 3.24. The Kier molecular flexibility index (Phi) is 8.67. The predicted octanol–water partition coefficient (Wildman–Crippen LogP) is 1.81. The molecule has 0 aliphatic carbocycles. The molecule has 1 fully saturated rings. The molecule has 1 atom stereocenters. The lowest BCUT2D eigenvalue weighted by atomic mass is 10.0. The molecule has 7 nitrogen and oxygen atoms in total. The van der Waals surface area contributed by atoms with E-state index in [1.807, 2.05) is 6.07 Å². The molecule has 1 aliphatic rings. The molecule has 1 saturated heterocycles. The second kappa shape index (κ2) is 11.0. The molecule has 152 valence electrons. The smallest absolute Gasteiger partial charge is 0.191 e. The van der Waals surface area contributed by atoms with Crippen molar-refractivity contribution in [3.05, 3.63) is 23.8 Å². The lowest BCUT2D eigenvalue weighted by Crippen LogP contribution is -2.52. The van der Waals surface area contributed by atoms with Crippen LogP contribution in [0.5, 0.6) is 11.5 Å². The molecule has 1 aromatic carbocycles. The minimum absolute atomic E-state index is 0.135. The second-order valence-corrected chi connectivity index (χ2v) is 7.04. The monoisotopic (exact) mass is 378 g/mol. The van der Waals surface area contributed by atoms with E-state index in [-0.39, 0.29) is 5.75 Å². The van der Waals surface area contributed by atoms with Crippen LogP contribution in [-0.4, -0.2) is 68.5 Å². The van der Waals surface area contributed by atoms with Gasteiger partial charge in [0.2, 0.25) is 0 Å². The topological polar surface area (TPSA) is 78.4 Å². The molecule has 0 aromatic heterocycles. The average Bonchev–Trinajstić information content (AvgIpc) is 2.67. The summed E-state index contributed by atoms with van der Waals surface area (Å²) >= 11 is 0. The van der Waals surface area contributed by atoms with Gasteiger partial charge in [0.25, 0.3) is 0 Å². The Morgan fingerprint density at radius 2 is 2.04 bits per heavy atom. The predicted molar refractivity (Wildman–Crippen MR) is 108 cm³/mol. The molecular weight excluding hydrogens is 344 g/mol. The third-order valence-corrected chi connectivity index (χ3v) is 4.77. The van der Waals surface area contributed by atoms with Gasteiger partial charge in [-0.05, 0) is 30.5 Å². The molecule has 0 amide bonds. The van der Waals surface area contributed by atoms with E-state index in [9.17, 15) is 5.11 Å². The van der Waals surface area contributed by atoms with Crippen LogP contribution in [0.3, 0.4) is 0 Å². The summed E-state index contributed by atoms with van der Waals surface area (Å²) in [4.78, 5) is 7.15. The Labute approximate surface area is 162 Å². The minimum atomic E-state index is 0.135. The van der Waals surface area contributed by atoms with Gasteiger partial charge in [-0.25, -0.2) is 4.99 Å². The van der Waals surface area contributed by atoms with E-state index >= 15 is 0 Å². The van der Waals surface area contributed by atoms with Crippen LogP contribution in [0.15, 0.2) is 23.2 Å². The molecular formula is C20H34N4O3. The highest BCUT2D eigenvalue weighted by atomic mass is 16.5. The number of ether oxygens (including phenoxy) is 2. The van der Waals surface area contributed by atoms with Crippen LogP contribution in [0.4, 0.5) is 0 Å². The number of morpholine rings is 1. The van der Waals surface area contributed by atoms with Gasteiger partial charge >= 0.3 is 0 Å². The Balaban J connectivity index is 1.98. The Bertz CT molecular complexity index is 601. The first kappa shape index (κ1) is 21.3. The van der Waals surface area contributed by atoms with Crippen molar-refractivity contribution >= 4 is 5.96 Å². The van der Waals surface area contributed by atoms with Gasteiger partial charge in [-0.3, -0.25) is 4.90 Å². The van der Waals surface area contributed by atoms with Gasteiger partial charge in [0, 0.05) is 32.2 Å². The molecule has 27 heavy (non-hydrogen) atoms. The largest absolute Gasteiger partial charge is 0.504 e. The second-order valence-electron chi connectivity index (χ2n) is 7.04. The molecule has 0 spiro atoms. The van der Waals surface area contributed by atoms with Crippen molar-refractivity contribution in [3.8, 4) is 11.5 Å². The van der Waals surface area contributed by atoms with Crippen LogP contribution >= 0.6 is 0 Å². The van der Waals surface area contributed by atoms with Gasteiger partial charge in [0.1, 0.15) is 0 Å². The Morgan fingerprint density at radius 1 is 1.30 bits per heavy atom. The maximum Gasteiger partial charge on any atom is 0.191 e. The number of rotatable bonds is 8. The van der Waals surface area contributed by atoms with Crippen LogP contribution in [0.25, 0.3) is 0 Å². The summed E-state index contributed by atoms with van der Waals surface area (Å²) in [6.45, 7) is 12.2. The van der Waals surface area contributed by atoms with Crippen LogP contribution < -0.4 is 15.4 Å². The summed E-state index contributed by atoms with van der Waals surface area (Å²) < 4.78 is 10.6. The number of hydrogen-bond donors (Lipinski definition) is 3. The van der Waals surface area contributed by atoms with Crippen LogP contribution in [0.1, 0.15) is 26.3 Å². The SMILES string of the molecule is CCNC(=NCc1ccc(OC)c(O)c1)NCC(C(C)C)N1CCOCC1. The van der Waals surface area contributed by atoms with Gasteiger partial charge < -0.3 is 25.2 Å². The number of phenolic OH excluding ortho intramolecular Hbond substituents is 1. The summed E-state index contributed by atoms with van der Waals surface area (Å²) in [7, 11) is 1.54. The van der Waals surface area contributed by atoms with Crippen LogP contribution in [-0.2, 0) is 11.3 Å². The van der Waals surface area contributed by atoms with Crippen LogP contribution in [0, 0.1) is 5.92 Å². The van der Waals surface area contributed by atoms with Gasteiger partial charge in [-0.1, -0.05) is 19.9 Å². The first-order valence-electron chi connectivity index (χ1n) is 9.75. The zero-order chi connectivity index (χ0) is 19.6. The quantitative estimate of drug-likeness (QED) is 0.473. The van der Waals surface area contributed by atoms with Gasteiger partial charge in [0.05, 0.1) is 26.9 Å². The molecule has 1 aromatic rings. The Hall–Kier alpha value is -1.99. The first-order chi connectivity index (χ1) is 13.0. The maximum atomic E-state index is 9.92. The molecule has 0 saturated carbocycles.